The first-order chi connectivity index (χ1) is 8.53. The molecule has 96 valence electrons. The normalized spacial score (nSPS) is 9.56. The maximum atomic E-state index is 11.5. The second kappa shape index (κ2) is 5.80. The molecule has 7 heteroatoms. The van der Waals surface area contributed by atoms with Crippen molar-refractivity contribution in [1.82, 2.24) is 0 Å². The van der Waals surface area contributed by atoms with E-state index in [1.807, 2.05) is 0 Å². The van der Waals surface area contributed by atoms with Gasteiger partial charge in [-0.15, -0.1) is 0 Å². The molecule has 1 rings (SSSR count). The molecule has 1 aromatic carbocycles. The lowest BCUT2D eigenvalue weighted by atomic mass is 10.1. The molecule has 0 heterocycles. The van der Waals surface area contributed by atoms with Crippen LogP contribution < -0.4 is 14.2 Å². The molecule has 0 saturated carbocycles. The number of carbonyl (C=O) groups excluding carboxylic acids is 1. The van der Waals surface area contributed by atoms with E-state index in [0.717, 1.165) is 0 Å². The van der Waals surface area contributed by atoms with Crippen molar-refractivity contribution in [2.24, 2.45) is 0 Å². The van der Waals surface area contributed by atoms with E-state index in [4.69, 9.17) is 44.0 Å². The van der Waals surface area contributed by atoms with E-state index in [1.54, 1.807) is 0 Å². The maximum Gasteiger partial charge on any atom is 0.389 e. The molecule has 0 aromatic heterocycles. The number of benzene rings is 1. The minimum absolute atomic E-state index is 0.0823. The van der Waals surface area contributed by atoms with E-state index in [-0.39, 0.29) is 32.9 Å². The summed E-state index contributed by atoms with van der Waals surface area (Å²) < 4.78 is 15.2. The Kier molecular flexibility index (Phi) is 4.65. The first-order valence-electron chi connectivity index (χ1n) is 4.62. The molecule has 0 bridgehead atoms. The first kappa shape index (κ1) is 14.4. The summed E-state index contributed by atoms with van der Waals surface area (Å²) in [6, 6.07) is 0. The van der Waals surface area contributed by atoms with Gasteiger partial charge in [-0.2, -0.15) is 4.85 Å². The second-order valence-corrected chi connectivity index (χ2v) is 3.78. The molecular weight excluding hydrogens is 281 g/mol. The lowest BCUT2D eigenvalue weighted by molar-refractivity contribution is 0.104. The maximum absolute atomic E-state index is 11.5. The zero-order valence-corrected chi connectivity index (χ0v) is 11.3. The molecule has 1 amide bonds. The highest BCUT2D eigenvalue weighted by atomic mass is 35.5. The van der Waals surface area contributed by atoms with Crippen LogP contribution in [0.5, 0.6) is 17.2 Å². The van der Waals surface area contributed by atoms with Gasteiger partial charge in [0.2, 0.25) is 5.75 Å². The second-order valence-electron chi connectivity index (χ2n) is 3.02. The Morgan fingerprint density at radius 2 is 1.39 bits per heavy atom. The summed E-state index contributed by atoms with van der Waals surface area (Å²) in [5.74, 6) is -0.555. The number of hydrogen-bond acceptors (Lipinski definition) is 4. The van der Waals surface area contributed by atoms with Crippen LogP contribution in [0, 0.1) is 6.57 Å². The summed E-state index contributed by atoms with van der Waals surface area (Å²) in [7, 11) is 4.08. The largest absolute Gasteiger partial charge is 0.491 e. The Hall–Kier alpha value is -1.64. The van der Waals surface area contributed by atoms with Gasteiger partial charge in [0.05, 0.1) is 43.5 Å². The Bertz CT molecular complexity index is 506. The number of methoxy groups -OCH3 is 3. The van der Waals surface area contributed by atoms with Crippen LogP contribution in [-0.4, -0.2) is 27.2 Å². The highest BCUT2D eigenvalue weighted by molar-refractivity contribution is 6.42. The average molecular weight is 290 g/mol. The summed E-state index contributed by atoms with van der Waals surface area (Å²) in [4.78, 5) is 14.3. The Morgan fingerprint density at radius 1 is 1.00 bits per heavy atom. The third-order valence-electron chi connectivity index (χ3n) is 2.18. The minimum Gasteiger partial charge on any atom is -0.491 e. The standard InChI is InChI=1S/C11H9Cl2NO4/c1-14-11(15)5-6(12)8(16-2)10(18-4)9(17-3)7(5)13/h2-4H3. The van der Waals surface area contributed by atoms with Crippen LogP contribution in [0.4, 0.5) is 0 Å². The predicted molar refractivity (Wildman–Crippen MR) is 67.1 cm³/mol. The molecule has 0 unspecified atom stereocenters. The molecule has 0 aliphatic carbocycles. The molecule has 0 radical (unpaired) electrons. The highest BCUT2D eigenvalue weighted by Crippen LogP contribution is 2.50. The van der Waals surface area contributed by atoms with Crippen molar-refractivity contribution >= 4 is 29.1 Å². The van der Waals surface area contributed by atoms with Crippen molar-refractivity contribution in [3.8, 4) is 17.2 Å². The van der Waals surface area contributed by atoms with Crippen molar-refractivity contribution in [1.29, 1.82) is 0 Å². The zero-order chi connectivity index (χ0) is 13.9. The average Bonchev–Trinajstić information content (AvgIpc) is 2.37. The van der Waals surface area contributed by atoms with Gasteiger partial charge in [-0.3, -0.25) is 0 Å². The zero-order valence-electron chi connectivity index (χ0n) is 9.84. The Labute approximate surface area is 114 Å². The molecule has 0 aliphatic rings. The van der Waals surface area contributed by atoms with Crippen molar-refractivity contribution in [3.05, 3.63) is 27.0 Å². The van der Waals surface area contributed by atoms with Gasteiger partial charge in [0.15, 0.2) is 11.5 Å². The quantitative estimate of drug-likeness (QED) is 0.800. The molecule has 0 spiro atoms. The smallest absolute Gasteiger partial charge is 0.389 e. The fourth-order valence-corrected chi connectivity index (χ4v) is 2.14. The molecular formula is C11H9Cl2NO4. The van der Waals surface area contributed by atoms with Crippen LogP contribution in [0.15, 0.2) is 0 Å². The van der Waals surface area contributed by atoms with Crippen molar-refractivity contribution in [3.63, 3.8) is 0 Å². The van der Waals surface area contributed by atoms with E-state index in [9.17, 15) is 4.79 Å². The number of amides is 1. The van der Waals surface area contributed by atoms with Crippen LogP contribution in [-0.2, 0) is 0 Å². The van der Waals surface area contributed by atoms with Crippen LogP contribution in [0.1, 0.15) is 10.4 Å². The van der Waals surface area contributed by atoms with Gasteiger partial charge in [0, 0.05) is 0 Å². The Morgan fingerprint density at radius 3 is 1.67 bits per heavy atom. The predicted octanol–water partition coefficient (Wildman–Crippen LogP) is 3.08. The molecule has 0 aliphatic heterocycles. The first-order valence-corrected chi connectivity index (χ1v) is 5.37. The van der Waals surface area contributed by atoms with E-state index in [0.29, 0.717) is 0 Å². The fourth-order valence-electron chi connectivity index (χ4n) is 1.42. The molecule has 5 nitrogen and oxygen atoms in total. The lowest BCUT2D eigenvalue weighted by Crippen LogP contribution is -2.03. The number of rotatable bonds is 4. The monoisotopic (exact) mass is 289 g/mol. The lowest BCUT2D eigenvalue weighted by Gasteiger charge is -2.17. The van der Waals surface area contributed by atoms with E-state index >= 15 is 0 Å². The third-order valence-corrected chi connectivity index (χ3v) is 2.90. The fraction of sp³-hybridized carbons (Fsp3) is 0.273. The molecule has 18 heavy (non-hydrogen) atoms. The minimum atomic E-state index is -0.899. The topological polar surface area (TPSA) is 49.1 Å². The van der Waals surface area contributed by atoms with E-state index in [1.165, 1.54) is 21.3 Å². The van der Waals surface area contributed by atoms with Gasteiger partial charge in [-0.25, -0.2) is 0 Å². The molecule has 0 N–H and O–H groups in total. The van der Waals surface area contributed by atoms with Gasteiger partial charge in [0.25, 0.3) is 0 Å². The van der Waals surface area contributed by atoms with E-state index < -0.39 is 5.91 Å². The molecule has 0 atom stereocenters. The Balaban J connectivity index is 3.76. The third kappa shape index (κ3) is 2.17. The SMILES string of the molecule is [C-]#[N+]C(=O)c1c(Cl)c(OC)c(OC)c(OC)c1Cl. The van der Waals surface area contributed by atoms with E-state index in [2.05, 4.69) is 4.85 Å². The number of hydrogen-bond donors (Lipinski definition) is 0. The summed E-state index contributed by atoms with van der Waals surface area (Å²) >= 11 is 12.0. The number of halogens is 2. The van der Waals surface area contributed by atoms with Crippen LogP contribution in [0.2, 0.25) is 10.0 Å². The molecule has 0 fully saturated rings. The van der Waals surface area contributed by atoms with Crippen LogP contribution in [0.25, 0.3) is 4.85 Å². The highest BCUT2D eigenvalue weighted by Gasteiger charge is 2.28. The van der Waals surface area contributed by atoms with Crippen molar-refractivity contribution in [2.45, 2.75) is 0 Å². The summed E-state index contributed by atoms with van der Waals surface area (Å²) in [6.45, 7) is 6.74. The van der Waals surface area contributed by atoms with Crippen LogP contribution in [0.3, 0.4) is 0 Å². The number of carbonyl (C=O) groups is 1. The summed E-state index contributed by atoms with van der Waals surface area (Å²) in [5, 5.41) is -0.165. The number of ether oxygens (including phenoxy) is 3. The molecule has 1 aromatic rings. The molecule has 0 saturated heterocycles. The van der Waals surface area contributed by atoms with Gasteiger partial charge < -0.3 is 19.0 Å². The van der Waals surface area contributed by atoms with Crippen molar-refractivity contribution in [2.75, 3.05) is 21.3 Å². The van der Waals surface area contributed by atoms with Gasteiger partial charge >= 0.3 is 5.91 Å². The summed E-state index contributed by atoms with van der Waals surface area (Å²) in [5.41, 5.74) is -0.164. The van der Waals surface area contributed by atoms with Gasteiger partial charge in [-0.1, -0.05) is 23.2 Å². The van der Waals surface area contributed by atoms with Crippen LogP contribution >= 0.6 is 23.2 Å². The number of nitrogens with zero attached hydrogens (tertiary/aromatic N) is 1. The van der Waals surface area contributed by atoms with Gasteiger partial charge in [-0.05, 0) is 0 Å². The van der Waals surface area contributed by atoms with Crippen molar-refractivity contribution < 1.29 is 19.0 Å². The summed E-state index contributed by atoms with van der Waals surface area (Å²) in [6.07, 6.45) is 0. The van der Waals surface area contributed by atoms with Gasteiger partial charge in [0.1, 0.15) is 0 Å².